The monoisotopic (exact) mass is 203 g/mol. The molecule has 0 spiro atoms. The molecule has 0 aromatic rings. The summed E-state index contributed by atoms with van der Waals surface area (Å²) in [5.74, 6) is 0.134. The van der Waals surface area contributed by atoms with Gasteiger partial charge in [0.1, 0.15) is 0 Å². The van der Waals surface area contributed by atoms with E-state index in [1.54, 1.807) is 0 Å². The quantitative estimate of drug-likeness (QED) is 0.711. The highest BCUT2D eigenvalue weighted by Gasteiger charge is 2.34. The van der Waals surface area contributed by atoms with E-state index >= 15 is 0 Å². The van der Waals surface area contributed by atoms with Crippen LogP contribution >= 0.6 is 0 Å². The Labute approximate surface area is 90.7 Å². The summed E-state index contributed by atoms with van der Waals surface area (Å²) < 4.78 is 0. The first-order chi connectivity index (χ1) is 6.07. The molecule has 0 heterocycles. The van der Waals surface area contributed by atoms with Gasteiger partial charge in [-0.05, 0) is 5.41 Å². The van der Waals surface area contributed by atoms with Gasteiger partial charge >= 0.3 is 0 Å². The topological polar surface area (TPSA) is 43.1 Å². The van der Waals surface area contributed by atoms with Crippen LogP contribution in [0.4, 0.5) is 0 Å². The molecule has 0 aliphatic rings. The van der Waals surface area contributed by atoms with Crippen LogP contribution in [0.5, 0.6) is 0 Å². The minimum Gasteiger partial charge on any atom is -0.321 e. The molecule has 0 aromatic heterocycles. The van der Waals surface area contributed by atoms with Crippen molar-refractivity contribution in [2.24, 2.45) is 16.6 Å². The highest BCUT2D eigenvalue weighted by Crippen LogP contribution is 2.25. The SMILES string of the molecule is CC.CC(C)(C)C(=O)[C@@H](N)C(C)(C)C.[HH]. The minimum absolute atomic E-state index is 0. The summed E-state index contributed by atoms with van der Waals surface area (Å²) in [5.41, 5.74) is 5.37. The molecule has 0 amide bonds. The molecule has 0 aliphatic carbocycles. The molecule has 0 rings (SSSR count). The van der Waals surface area contributed by atoms with E-state index in [2.05, 4.69) is 0 Å². The van der Waals surface area contributed by atoms with Crippen molar-refractivity contribution in [2.45, 2.75) is 61.4 Å². The van der Waals surface area contributed by atoms with E-state index in [1.165, 1.54) is 0 Å². The number of hydrogen-bond donors (Lipinski definition) is 1. The molecule has 0 saturated heterocycles. The maximum absolute atomic E-state index is 11.7. The van der Waals surface area contributed by atoms with E-state index in [0.29, 0.717) is 0 Å². The van der Waals surface area contributed by atoms with Gasteiger partial charge in [-0.15, -0.1) is 0 Å². The lowest BCUT2D eigenvalue weighted by molar-refractivity contribution is -0.129. The number of rotatable bonds is 1. The molecule has 0 fully saturated rings. The van der Waals surface area contributed by atoms with Gasteiger partial charge in [0.05, 0.1) is 6.04 Å². The summed E-state index contributed by atoms with van der Waals surface area (Å²) >= 11 is 0. The molecule has 2 heteroatoms. The fraction of sp³-hybridized carbons (Fsp3) is 0.917. The average molecular weight is 203 g/mol. The van der Waals surface area contributed by atoms with Crippen LogP contribution in [0.2, 0.25) is 0 Å². The van der Waals surface area contributed by atoms with E-state index in [4.69, 9.17) is 5.73 Å². The fourth-order valence-corrected chi connectivity index (χ4v) is 0.860. The zero-order valence-electron chi connectivity index (χ0n) is 11.1. The van der Waals surface area contributed by atoms with Crippen LogP contribution in [0.1, 0.15) is 56.8 Å². The van der Waals surface area contributed by atoms with Crippen LogP contribution in [0.3, 0.4) is 0 Å². The van der Waals surface area contributed by atoms with Crippen LogP contribution in [0.15, 0.2) is 0 Å². The van der Waals surface area contributed by atoms with Crippen molar-refractivity contribution in [3.05, 3.63) is 0 Å². The molecule has 0 radical (unpaired) electrons. The molecule has 88 valence electrons. The average Bonchev–Trinajstić information content (AvgIpc) is 2.02. The third-order valence-corrected chi connectivity index (χ3v) is 1.95. The second-order valence-corrected chi connectivity index (χ2v) is 5.46. The van der Waals surface area contributed by atoms with E-state index in [0.717, 1.165) is 0 Å². The van der Waals surface area contributed by atoms with Crippen LogP contribution in [-0.2, 0) is 4.79 Å². The zero-order valence-corrected chi connectivity index (χ0v) is 11.1. The number of nitrogens with two attached hydrogens (primary N) is 1. The molecule has 0 saturated carbocycles. The van der Waals surface area contributed by atoms with Crippen molar-refractivity contribution in [1.82, 2.24) is 0 Å². The molecule has 2 nitrogen and oxygen atoms in total. The third-order valence-electron chi connectivity index (χ3n) is 1.95. The summed E-state index contributed by atoms with van der Waals surface area (Å²) in [5, 5.41) is 0. The van der Waals surface area contributed by atoms with Crippen molar-refractivity contribution in [1.29, 1.82) is 0 Å². The van der Waals surface area contributed by atoms with Gasteiger partial charge in [-0.25, -0.2) is 0 Å². The van der Waals surface area contributed by atoms with E-state index in [9.17, 15) is 4.79 Å². The first-order valence-electron chi connectivity index (χ1n) is 5.36. The third kappa shape index (κ3) is 5.38. The minimum atomic E-state index is -0.363. The van der Waals surface area contributed by atoms with Gasteiger partial charge in [0, 0.05) is 6.84 Å². The normalized spacial score (nSPS) is 14.1. The highest BCUT2D eigenvalue weighted by molar-refractivity contribution is 5.89. The predicted octanol–water partition coefficient (Wildman–Crippen LogP) is 3.25. The number of carbonyl (C=O) groups excluding carboxylic acids is 1. The van der Waals surface area contributed by atoms with Gasteiger partial charge in [-0.2, -0.15) is 0 Å². The van der Waals surface area contributed by atoms with Crippen molar-refractivity contribution in [3.63, 3.8) is 0 Å². The van der Waals surface area contributed by atoms with Crippen molar-refractivity contribution in [2.75, 3.05) is 0 Å². The lowest BCUT2D eigenvalue weighted by Crippen LogP contribution is -2.47. The molecule has 0 unspecified atom stereocenters. The molecule has 0 aromatic carbocycles. The highest BCUT2D eigenvalue weighted by atomic mass is 16.1. The number of ketones is 1. The maximum atomic E-state index is 11.7. The Morgan fingerprint density at radius 3 is 1.43 bits per heavy atom. The van der Waals surface area contributed by atoms with Crippen molar-refractivity contribution in [3.8, 4) is 0 Å². The largest absolute Gasteiger partial charge is 0.321 e. The summed E-state index contributed by atoms with van der Waals surface area (Å²) in [6, 6.07) is -0.363. The van der Waals surface area contributed by atoms with Gasteiger partial charge in [-0.3, -0.25) is 4.79 Å². The second-order valence-electron chi connectivity index (χ2n) is 5.46. The van der Waals surface area contributed by atoms with Crippen LogP contribution in [0, 0.1) is 10.8 Å². The van der Waals surface area contributed by atoms with Gasteiger partial charge in [0.2, 0.25) is 0 Å². The van der Waals surface area contributed by atoms with E-state index in [1.807, 2.05) is 55.4 Å². The summed E-state index contributed by atoms with van der Waals surface area (Å²) in [4.78, 5) is 11.7. The summed E-state index contributed by atoms with van der Waals surface area (Å²) in [7, 11) is 0. The summed E-state index contributed by atoms with van der Waals surface area (Å²) in [6.07, 6.45) is 0. The Bertz CT molecular complexity index is 177. The second kappa shape index (κ2) is 5.50. The Hall–Kier alpha value is -0.370. The molecule has 2 N–H and O–H groups in total. The van der Waals surface area contributed by atoms with Crippen LogP contribution in [-0.4, -0.2) is 11.8 Å². The lowest BCUT2D eigenvalue weighted by atomic mass is 9.76. The molecular weight excluding hydrogens is 174 g/mol. The molecule has 14 heavy (non-hydrogen) atoms. The first-order valence-corrected chi connectivity index (χ1v) is 5.36. The Balaban J connectivity index is -0.000000449. The van der Waals surface area contributed by atoms with Gasteiger partial charge in [0.25, 0.3) is 0 Å². The smallest absolute Gasteiger partial charge is 0.155 e. The van der Waals surface area contributed by atoms with Crippen molar-refractivity contribution >= 4 is 5.78 Å². The van der Waals surface area contributed by atoms with E-state index < -0.39 is 0 Å². The van der Waals surface area contributed by atoms with Gasteiger partial charge < -0.3 is 5.73 Å². The Kier molecular flexibility index (Phi) is 6.31. The fourth-order valence-electron chi connectivity index (χ4n) is 0.860. The number of hydrogen-bond acceptors (Lipinski definition) is 2. The van der Waals surface area contributed by atoms with Crippen LogP contribution < -0.4 is 5.73 Å². The zero-order chi connectivity index (χ0) is 12.2. The van der Waals surface area contributed by atoms with Gasteiger partial charge in [0.15, 0.2) is 5.78 Å². The molecular formula is C12H29NO. The maximum Gasteiger partial charge on any atom is 0.155 e. The predicted molar refractivity (Wildman–Crippen MR) is 65.4 cm³/mol. The van der Waals surface area contributed by atoms with E-state index in [-0.39, 0.29) is 24.1 Å². The molecule has 0 bridgehead atoms. The van der Waals surface area contributed by atoms with Crippen molar-refractivity contribution < 1.29 is 6.22 Å². The Morgan fingerprint density at radius 1 is 1.07 bits per heavy atom. The molecule has 0 aliphatic heterocycles. The summed E-state index contributed by atoms with van der Waals surface area (Å²) in [6.45, 7) is 15.7. The first kappa shape index (κ1) is 16.1. The number of Topliss-reactive ketones (excluding diaryl/α,β-unsaturated/α-hetero) is 1. The lowest BCUT2D eigenvalue weighted by Gasteiger charge is -2.31. The van der Waals surface area contributed by atoms with Crippen LogP contribution in [0.25, 0.3) is 0 Å². The molecule has 1 atom stereocenters. The van der Waals surface area contributed by atoms with Gasteiger partial charge in [-0.1, -0.05) is 55.4 Å². The number of carbonyl (C=O) groups is 1. The standard InChI is InChI=1S/C10H21NO.C2H6.H2/c1-9(2,3)7(11)8(12)10(4,5)6;1-2;/h7H,11H2,1-6H3;1-2H3;1H/t7-;;/m1../s1. The Morgan fingerprint density at radius 2 is 1.36 bits per heavy atom.